The van der Waals surface area contributed by atoms with Gasteiger partial charge in [-0.25, -0.2) is 4.79 Å². The van der Waals surface area contributed by atoms with Crippen LogP contribution in [0, 0.1) is 5.92 Å². The molecule has 0 radical (unpaired) electrons. The Hall–Kier alpha value is -1.69. The number of ether oxygens (including phenoxy) is 1. The molecule has 0 spiro atoms. The van der Waals surface area contributed by atoms with Crippen molar-refractivity contribution >= 4 is 23.6 Å². The highest BCUT2D eigenvalue weighted by atomic mass is 32.2. The van der Waals surface area contributed by atoms with Crippen molar-refractivity contribution in [1.29, 1.82) is 0 Å². The van der Waals surface area contributed by atoms with E-state index in [1.54, 1.807) is 23.9 Å². The molecule has 5 nitrogen and oxygen atoms in total. The van der Waals surface area contributed by atoms with E-state index >= 15 is 0 Å². The van der Waals surface area contributed by atoms with Gasteiger partial charge in [0.2, 0.25) is 5.91 Å². The Bertz CT molecular complexity index is 475. The van der Waals surface area contributed by atoms with Crippen molar-refractivity contribution in [3.8, 4) is 5.75 Å². The third kappa shape index (κ3) is 6.08. The minimum atomic E-state index is -1.01. The standard InChI is InChI=1S/C15H21NO4S/c1-10(9-21-3)15(19)16-11(2)12-4-6-13(7-5-12)20-8-14(17)18/h4-7,10-11H,8-9H2,1-3H3,(H,16,19)(H,17,18). The van der Waals surface area contributed by atoms with E-state index in [0.29, 0.717) is 5.75 Å². The summed E-state index contributed by atoms with van der Waals surface area (Å²) in [4.78, 5) is 22.4. The van der Waals surface area contributed by atoms with Crippen molar-refractivity contribution in [3.63, 3.8) is 0 Å². The number of aliphatic carboxylic acids is 1. The summed E-state index contributed by atoms with van der Waals surface area (Å²) in [7, 11) is 0. The second-order valence-corrected chi connectivity index (χ2v) is 5.75. The van der Waals surface area contributed by atoms with E-state index in [1.165, 1.54) is 0 Å². The third-order valence-electron chi connectivity index (χ3n) is 2.97. The van der Waals surface area contributed by atoms with Crippen LogP contribution in [0.2, 0.25) is 0 Å². The van der Waals surface area contributed by atoms with Crippen molar-refractivity contribution in [1.82, 2.24) is 5.32 Å². The summed E-state index contributed by atoms with van der Waals surface area (Å²) in [6, 6.07) is 6.94. The van der Waals surface area contributed by atoms with Gasteiger partial charge in [0.25, 0.3) is 0 Å². The summed E-state index contributed by atoms with van der Waals surface area (Å²) in [5.74, 6) is 0.280. The van der Waals surface area contributed by atoms with E-state index in [1.807, 2.05) is 32.2 Å². The monoisotopic (exact) mass is 311 g/mol. The Morgan fingerprint density at radius 3 is 2.43 bits per heavy atom. The van der Waals surface area contributed by atoms with E-state index in [2.05, 4.69) is 5.32 Å². The van der Waals surface area contributed by atoms with E-state index in [-0.39, 0.29) is 24.5 Å². The van der Waals surface area contributed by atoms with Crippen molar-refractivity contribution in [3.05, 3.63) is 29.8 Å². The van der Waals surface area contributed by atoms with Gasteiger partial charge in [-0.3, -0.25) is 4.79 Å². The van der Waals surface area contributed by atoms with Gasteiger partial charge in [-0.15, -0.1) is 0 Å². The summed E-state index contributed by atoms with van der Waals surface area (Å²) < 4.78 is 5.06. The zero-order valence-corrected chi connectivity index (χ0v) is 13.3. The fourth-order valence-electron chi connectivity index (χ4n) is 1.76. The van der Waals surface area contributed by atoms with Crippen LogP contribution in [0.15, 0.2) is 24.3 Å². The number of rotatable bonds is 8. The molecule has 21 heavy (non-hydrogen) atoms. The molecule has 0 saturated carbocycles. The van der Waals surface area contributed by atoms with Gasteiger partial charge in [-0.1, -0.05) is 19.1 Å². The molecule has 0 bridgehead atoms. The fraction of sp³-hybridized carbons (Fsp3) is 0.467. The predicted molar refractivity (Wildman–Crippen MR) is 83.7 cm³/mol. The van der Waals surface area contributed by atoms with Crippen LogP contribution in [0.5, 0.6) is 5.75 Å². The first-order chi connectivity index (χ1) is 9.93. The van der Waals surface area contributed by atoms with Crippen LogP contribution < -0.4 is 10.1 Å². The van der Waals surface area contributed by atoms with Crippen LogP contribution >= 0.6 is 11.8 Å². The van der Waals surface area contributed by atoms with Crippen LogP contribution in [-0.2, 0) is 9.59 Å². The first-order valence-corrected chi connectivity index (χ1v) is 8.07. The van der Waals surface area contributed by atoms with Gasteiger partial charge in [0, 0.05) is 11.7 Å². The minimum absolute atomic E-state index is 0.0272. The number of thioether (sulfide) groups is 1. The number of benzene rings is 1. The largest absolute Gasteiger partial charge is 0.482 e. The molecule has 1 rings (SSSR count). The van der Waals surface area contributed by atoms with Gasteiger partial charge in [0.05, 0.1) is 6.04 Å². The molecule has 0 aromatic heterocycles. The lowest BCUT2D eigenvalue weighted by Gasteiger charge is -2.17. The van der Waals surface area contributed by atoms with E-state index in [0.717, 1.165) is 11.3 Å². The Morgan fingerprint density at radius 1 is 1.29 bits per heavy atom. The Balaban J connectivity index is 2.56. The maximum absolute atomic E-state index is 11.9. The molecule has 2 unspecified atom stereocenters. The lowest BCUT2D eigenvalue weighted by atomic mass is 10.1. The summed E-state index contributed by atoms with van der Waals surface area (Å²) >= 11 is 1.65. The molecule has 1 amide bonds. The predicted octanol–water partition coefficient (Wildman–Crippen LogP) is 2.33. The van der Waals surface area contributed by atoms with Crippen LogP contribution in [0.25, 0.3) is 0 Å². The first kappa shape index (κ1) is 17.4. The van der Waals surface area contributed by atoms with Gasteiger partial charge in [0.15, 0.2) is 6.61 Å². The zero-order chi connectivity index (χ0) is 15.8. The number of carboxylic acids is 1. The molecule has 0 heterocycles. The van der Waals surface area contributed by atoms with Crippen LogP contribution in [0.1, 0.15) is 25.5 Å². The second kappa shape index (κ2) is 8.56. The second-order valence-electron chi connectivity index (χ2n) is 4.84. The number of carbonyl (C=O) groups is 2. The molecule has 1 aromatic rings. The van der Waals surface area contributed by atoms with Gasteiger partial charge in [-0.05, 0) is 30.9 Å². The van der Waals surface area contributed by atoms with Crippen molar-refractivity contribution in [2.24, 2.45) is 5.92 Å². The average molecular weight is 311 g/mol. The van der Waals surface area contributed by atoms with Crippen LogP contribution in [-0.4, -0.2) is 35.6 Å². The third-order valence-corrected chi connectivity index (χ3v) is 3.80. The lowest BCUT2D eigenvalue weighted by molar-refractivity contribution is -0.139. The number of hydrogen-bond donors (Lipinski definition) is 2. The smallest absolute Gasteiger partial charge is 0.341 e. The molecule has 2 atom stereocenters. The molecule has 0 aliphatic carbocycles. The summed E-state index contributed by atoms with van der Waals surface area (Å²) in [6.45, 7) is 3.45. The molecule has 0 saturated heterocycles. The van der Waals surface area contributed by atoms with Gasteiger partial charge >= 0.3 is 5.97 Å². The topological polar surface area (TPSA) is 75.6 Å². The molecular formula is C15H21NO4S. The molecule has 0 aliphatic rings. The molecule has 1 aromatic carbocycles. The minimum Gasteiger partial charge on any atom is -0.482 e. The number of carbonyl (C=O) groups excluding carboxylic acids is 1. The van der Waals surface area contributed by atoms with Crippen LogP contribution in [0.4, 0.5) is 0 Å². The molecule has 2 N–H and O–H groups in total. The maximum Gasteiger partial charge on any atom is 0.341 e. The number of nitrogens with one attached hydrogen (secondary N) is 1. The number of amides is 1. The molecule has 116 valence electrons. The first-order valence-electron chi connectivity index (χ1n) is 6.68. The highest BCUT2D eigenvalue weighted by molar-refractivity contribution is 7.98. The maximum atomic E-state index is 11.9. The van der Waals surface area contributed by atoms with Gasteiger partial charge < -0.3 is 15.2 Å². The van der Waals surface area contributed by atoms with Gasteiger partial charge in [-0.2, -0.15) is 11.8 Å². The lowest BCUT2D eigenvalue weighted by Crippen LogP contribution is -2.32. The number of carboxylic acid groups (broad SMARTS) is 1. The molecular weight excluding hydrogens is 290 g/mol. The molecule has 0 aliphatic heterocycles. The van der Waals surface area contributed by atoms with E-state index in [9.17, 15) is 9.59 Å². The van der Waals surface area contributed by atoms with Crippen LogP contribution in [0.3, 0.4) is 0 Å². The Labute approximate surface area is 129 Å². The van der Waals surface area contributed by atoms with Crippen molar-refractivity contribution < 1.29 is 19.4 Å². The van der Waals surface area contributed by atoms with E-state index in [4.69, 9.17) is 9.84 Å². The Kier molecular flexibility index (Phi) is 7.08. The van der Waals surface area contributed by atoms with Crippen molar-refractivity contribution in [2.45, 2.75) is 19.9 Å². The highest BCUT2D eigenvalue weighted by Gasteiger charge is 2.15. The SMILES string of the molecule is CSCC(C)C(=O)NC(C)c1ccc(OCC(=O)O)cc1. The summed E-state index contributed by atoms with van der Waals surface area (Å²) in [5.41, 5.74) is 0.947. The fourth-order valence-corrected chi connectivity index (χ4v) is 2.41. The van der Waals surface area contributed by atoms with Crippen molar-refractivity contribution in [2.75, 3.05) is 18.6 Å². The highest BCUT2D eigenvalue weighted by Crippen LogP contribution is 2.18. The van der Waals surface area contributed by atoms with E-state index < -0.39 is 5.97 Å². The quantitative estimate of drug-likeness (QED) is 0.770. The Morgan fingerprint density at radius 2 is 1.90 bits per heavy atom. The normalized spacial score (nSPS) is 13.3. The molecule has 6 heteroatoms. The van der Waals surface area contributed by atoms with Gasteiger partial charge in [0.1, 0.15) is 5.75 Å². The summed E-state index contributed by atoms with van der Waals surface area (Å²) in [6.07, 6.45) is 1.98. The zero-order valence-electron chi connectivity index (χ0n) is 12.5. The molecule has 0 fully saturated rings. The summed E-state index contributed by atoms with van der Waals surface area (Å²) in [5, 5.41) is 11.5. The number of hydrogen-bond acceptors (Lipinski definition) is 4. The average Bonchev–Trinajstić information content (AvgIpc) is 2.45.